The van der Waals surface area contributed by atoms with Gasteiger partial charge in [-0.1, -0.05) is 52.0 Å². The van der Waals surface area contributed by atoms with Gasteiger partial charge in [0.25, 0.3) is 0 Å². The van der Waals surface area contributed by atoms with Gasteiger partial charge in [0.15, 0.2) is 0 Å². The van der Waals surface area contributed by atoms with Crippen LogP contribution in [0, 0.1) is 5.92 Å². The van der Waals surface area contributed by atoms with Crippen molar-refractivity contribution in [3.8, 4) is 0 Å². The normalized spacial score (nSPS) is 12.8. The van der Waals surface area contributed by atoms with Crippen molar-refractivity contribution in [2.75, 3.05) is 40.4 Å². The Bertz CT molecular complexity index is 384. The highest BCUT2D eigenvalue weighted by atomic mass is 16.5. The minimum absolute atomic E-state index is 0.171. The van der Waals surface area contributed by atoms with E-state index in [2.05, 4.69) is 39.8 Å². The Morgan fingerprint density at radius 1 is 1.11 bits per heavy atom. The van der Waals surface area contributed by atoms with Gasteiger partial charge in [-0.3, -0.25) is 0 Å². The van der Waals surface area contributed by atoms with Crippen LogP contribution in [0.15, 0.2) is 12.7 Å². The number of aliphatic hydroxyl groups is 1. The molecule has 0 aliphatic carbocycles. The van der Waals surface area contributed by atoms with Crippen LogP contribution in [0.5, 0.6) is 0 Å². The number of quaternary nitrogens is 1. The first-order valence-corrected chi connectivity index (χ1v) is 10.8. The number of nitrogens with zero attached hydrogens (tertiary/aromatic N) is 1. The number of hydrogen-bond donors (Lipinski definition) is 2. The van der Waals surface area contributed by atoms with E-state index in [0.717, 1.165) is 32.2 Å². The third kappa shape index (κ3) is 14.6. The molecule has 0 aromatic heterocycles. The molecular weight excluding hydrogens is 340 g/mol. The molecule has 0 spiro atoms. The Labute approximate surface area is 167 Å². The van der Waals surface area contributed by atoms with Gasteiger partial charge in [0.05, 0.1) is 40.4 Å². The van der Waals surface area contributed by atoms with Crippen molar-refractivity contribution < 1.29 is 19.1 Å². The first kappa shape index (κ1) is 25.9. The fourth-order valence-electron chi connectivity index (χ4n) is 3.24. The second-order valence-corrected chi connectivity index (χ2v) is 8.58. The molecule has 0 bridgehead atoms. The lowest BCUT2D eigenvalue weighted by molar-refractivity contribution is -0.915. The molecule has 0 fully saturated rings. The first-order chi connectivity index (χ1) is 12.8. The molecule has 0 saturated carbocycles. The van der Waals surface area contributed by atoms with E-state index >= 15 is 0 Å². The van der Waals surface area contributed by atoms with Gasteiger partial charge in [-0.25, -0.2) is 4.79 Å². The minimum atomic E-state index is -0.330. The minimum Gasteiger partial charge on any atom is -0.450 e. The largest absolute Gasteiger partial charge is 0.450 e. The molecule has 1 atom stereocenters. The fraction of sp³-hybridized carbons (Fsp3) is 0.864. The number of rotatable bonds is 17. The van der Waals surface area contributed by atoms with Crippen molar-refractivity contribution in [1.29, 1.82) is 0 Å². The summed E-state index contributed by atoms with van der Waals surface area (Å²) in [4.78, 5) is 11.8. The first-order valence-electron chi connectivity index (χ1n) is 10.8. The summed E-state index contributed by atoms with van der Waals surface area (Å²) in [6.45, 7) is 10.1. The zero-order valence-electron chi connectivity index (χ0n) is 18.3. The van der Waals surface area contributed by atoms with Crippen molar-refractivity contribution in [1.82, 2.24) is 5.32 Å². The van der Waals surface area contributed by atoms with Crippen LogP contribution in [0.4, 0.5) is 4.79 Å². The van der Waals surface area contributed by atoms with E-state index in [-0.39, 0.29) is 18.7 Å². The van der Waals surface area contributed by atoms with Crippen molar-refractivity contribution in [2.24, 2.45) is 5.92 Å². The maximum atomic E-state index is 11.8. The highest BCUT2D eigenvalue weighted by Gasteiger charge is 2.28. The van der Waals surface area contributed by atoms with Gasteiger partial charge < -0.3 is 19.6 Å². The summed E-state index contributed by atoms with van der Waals surface area (Å²) in [7, 11) is 4.21. The molecule has 160 valence electrons. The van der Waals surface area contributed by atoms with Crippen LogP contribution >= 0.6 is 0 Å². The van der Waals surface area contributed by atoms with Crippen molar-refractivity contribution >= 4 is 6.09 Å². The third-order valence-corrected chi connectivity index (χ3v) is 5.19. The number of hydrogen-bond acceptors (Lipinski definition) is 3. The smallest absolute Gasteiger partial charge is 0.407 e. The number of carbonyl (C=O) groups is 1. The number of aliphatic hydroxyl groups excluding tert-OH is 1. The Balaban J connectivity index is 3.69. The van der Waals surface area contributed by atoms with Crippen LogP contribution in [-0.4, -0.2) is 62.1 Å². The van der Waals surface area contributed by atoms with E-state index in [0.29, 0.717) is 23.6 Å². The molecule has 0 unspecified atom stereocenters. The van der Waals surface area contributed by atoms with E-state index in [9.17, 15) is 9.90 Å². The maximum absolute atomic E-state index is 11.8. The topological polar surface area (TPSA) is 58.6 Å². The number of carbonyl (C=O) groups excluding carboxylic acids is 1. The van der Waals surface area contributed by atoms with Crippen LogP contribution in [0.25, 0.3) is 0 Å². The summed E-state index contributed by atoms with van der Waals surface area (Å²) < 4.78 is 5.95. The van der Waals surface area contributed by atoms with Crippen molar-refractivity contribution in [3.63, 3.8) is 0 Å². The molecule has 0 aromatic carbocycles. The van der Waals surface area contributed by atoms with Crippen LogP contribution in [0.1, 0.15) is 71.6 Å². The summed E-state index contributed by atoms with van der Waals surface area (Å²) in [6, 6.07) is 0.194. The molecule has 0 aromatic rings. The molecule has 5 heteroatoms. The molecule has 0 aliphatic heterocycles. The zero-order valence-corrected chi connectivity index (χ0v) is 18.3. The van der Waals surface area contributed by atoms with E-state index in [1.54, 1.807) is 0 Å². The van der Waals surface area contributed by atoms with E-state index in [1.165, 1.54) is 32.1 Å². The third-order valence-electron chi connectivity index (χ3n) is 5.19. The van der Waals surface area contributed by atoms with Gasteiger partial charge in [-0.2, -0.15) is 0 Å². The van der Waals surface area contributed by atoms with Crippen LogP contribution in [0.3, 0.4) is 0 Å². The molecule has 0 heterocycles. The number of alkyl carbamates (subject to hydrolysis) is 1. The molecule has 27 heavy (non-hydrogen) atoms. The SMILES string of the molecule is C=CCCCCCCCCCOC(=O)NCC[N+](C)(C)[C@H](CO)CC(C)C. The molecule has 1 amide bonds. The standard InChI is InChI=1S/C22H44N2O3/c1-6-7-8-9-10-11-12-13-14-17-27-22(26)23-15-16-24(4,5)21(19-25)18-20(2)3/h6,20-21,25H,1,7-19H2,2-5H3/p+1/t21-/m0/s1. The highest BCUT2D eigenvalue weighted by Crippen LogP contribution is 2.15. The van der Waals surface area contributed by atoms with Gasteiger partial charge in [0.1, 0.15) is 6.04 Å². The Morgan fingerprint density at radius 3 is 2.26 bits per heavy atom. The van der Waals surface area contributed by atoms with Gasteiger partial charge in [-0.15, -0.1) is 6.58 Å². The molecule has 0 aliphatic rings. The summed E-state index contributed by atoms with van der Waals surface area (Å²) in [5.41, 5.74) is 0. The molecular formula is C22H45N2O3+. The maximum Gasteiger partial charge on any atom is 0.407 e. The van der Waals surface area contributed by atoms with Crippen LogP contribution in [0.2, 0.25) is 0 Å². The van der Waals surface area contributed by atoms with Gasteiger partial charge >= 0.3 is 6.09 Å². The predicted molar refractivity (Wildman–Crippen MR) is 114 cm³/mol. The monoisotopic (exact) mass is 385 g/mol. The summed E-state index contributed by atoms with van der Waals surface area (Å²) >= 11 is 0. The molecule has 0 radical (unpaired) electrons. The lowest BCUT2D eigenvalue weighted by Crippen LogP contribution is -2.54. The second kappa shape index (κ2) is 15.9. The van der Waals surface area contributed by atoms with Gasteiger partial charge in [-0.05, 0) is 25.2 Å². The second-order valence-electron chi connectivity index (χ2n) is 8.58. The number of allylic oxidation sites excluding steroid dienone is 1. The van der Waals surface area contributed by atoms with Crippen LogP contribution in [-0.2, 0) is 4.74 Å². The number of amides is 1. The van der Waals surface area contributed by atoms with Crippen molar-refractivity contribution in [2.45, 2.75) is 77.7 Å². The molecule has 5 nitrogen and oxygen atoms in total. The number of ether oxygens (including phenoxy) is 1. The quantitative estimate of drug-likeness (QED) is 0.220. The number of likely N-dealkylation sites (N-methyl/N-ethyl adjacent to an activating group) is 1. The van der Waals surface area contributed by atoms with Crippen molar-refractivity contribution in [3.05, 3.63) is 12.7 Å². The molecule has 0 rings (SSSR count). The van der Waals surface area contributed by atoms with E-state index in [1.807, 2.05) is 6.08 Å². The number of unbranched alkanes of at least 4 members (excludes halogenated alkanes) is 7. The van der Waals surface area contributed by atoms with E-state index < -0.39 is 0 Å². The zero-order chi connectivity index (χ0) is 20.5. The average molecular weight is 386 g/mol. The Morgan fingerprint density at radius 2 is 1.70 bits per heavy atom. The van der Waals surface area contributed by atoms with E-state index in [4.69, 9.17) is 4.74 Å². The highest BCUT2D eigenvalue weighted by molar-refractivity contribution is 5.66. The lowest BCUT2D eigenvalue weighted by atomic mass is 10.0. The van der Waals surface area contributed by atoms with Gasteiger partial charge in [0, 0.05) is 6.42 Å². The predicted octanol–water partition coefficient (Wildman–Crippen LogP) is 4.50. The average Bonchev–Trinajstić information content (AvgIpc) is 2.60. The summed E-state index contributed by atoms with van der Waals surface area (Å²) in [5, 5.41) is 12.5. The lowest BCUT2D eigenvalue weighted by Gasteiger charge is -2.38. The van der Waals surface area contributed by atoms with Gasteiger partial charge in [0.2, 0.25) is 0 Å². The Hall–Kier alpha value is -1.07. The number of nitrogens with one attached hydrogen (secondary N) is 1. The summed E-state index contributed by atoms with van der Waals surface area (Å²) in [6.07, 6.45) is 12.1. The molecule has 0 saturated heterocycles. The van der Waals surface area contributed by atoms with Crippen LogP contribution < -0.4 is 5.32 Å². The Kier molecular flexibility index (Phi) is 15.3. The molecule has 2 N–H and O–H groups in total. The summed E-state index contributed by atoms with van der Waals surface area (Å²) in [5.74, 6) is 0.546. The fourth-order valence-corrected chi connectivity index (χ4v) is 3.24.